The van der Waals surface area contributed by atoms with Gasteiger partial charge in [-0.3, -0.25) is 0 Å². The zero-order chi connectivity index (χ0) is 13.2. The topological polar surface area (TPSA) is 26.0 Å². The Morgan fingerprint density at radius 3 is 2.28 bits per heavy atom. The molecular formula is C17H27N. The van der Waals surface area contributed by atoms with Gasteiger partial charge in [-0.25, -0.2) is 0 Å². The lowest BCUT2D eigenvalue weighted by Crippen LogP contribution is -2.47. The Balaban J connectivity index is 2.10. The van der Waals surface area contributed by atoms with Gasteiger partial charge in [-0.1, -0.05) is 57.9 Å². The van der Waals surface area contributed by atoms with Gasteiger partial charge < -0.3 is 5.73 Å². The molecule has 1 fully saturated rings. The van der Waals surface area contributed by atoms with Crippen LogP contribution in [0.4, 0.5) is 0 Å². The number of hydrogen-bond donors (Lipinski definition) is 1. The summed E-state index contributed by atoms with van der Waals surface area (Å²) in [6.07, 6.45) is 5.25. The first-order valence-electron chi connectivity index (χ1n) is 7.42. The van der Waals surface area contributed by atoms with Gasteiger partial charge in [-0.05, 0) is 35.8 Å². The van der Waals surface area contributed by atoms with Crippen LogP contribution in [0, 0.1) is 5.92 Å². The minimum absolute atomic E-state index is 0.287. The molecule has 1 aromatic carbocycles. The van der Waals surface area contributed by atoms with E-state index in [0.717, 1.165) is 12.5 Å². The van der Waals surface area contributed by atoms with E-state index >= 15 is 0 Å². The van der Waals surface area contributed by atoms with Crippen molar-refractivity contribution >= 4 is 0 Å². The summed E-state index contributed by atoms with van der Waals surface area (Å²) in [7, 11) is 0. The largest absolute Gasteiger partial charge is 0.330 e. The summed E-state index contributed by atoms with van der Waals surface area (Å²) < 4.78 is 0. The van der Waals surface area contributed by atoms with Gasteiger partial charge in [-0.15, -0.1) is 0 Å². The van der Waals surface area contributed by atoms with Crippen LogP contribution in [0.25, 0.3) is 0 Å². The Bertz CT molecular complexity index is 371. The second-order valence-electron chi connectivity index (χ2n) is 6.32. The third-order valence-electron chi connectivity index (χ3n) is 4.64. The molecule has 0 saturated heterocycles. The Labute approximate surface area is 112 Å². The standard InChI is InChI=1S/C17H27N/c1-4-5-14-10-17(11-14,12-18)16-8-6-15(7-9-16)13(2)3/h6-9,13-14H,4-5,10-12,18H2,1-3H3. The molecule has 0 heterocycles. The Kier molecular flexibility index (Phi) is 4.11. The maximum absolute atomic E-state index is 6.06. The smallest absolute Gasteiger partial charge is 0.00808 e. The summed E-state index contributed by atoms with van der Waals surface area (Å²) in [4.78, 5) is 0. The van der Waals surface area contributed by atoms with Crippen LogP contribution in [0.1, 0.15) is 63.5 Å². The minimum Gasteiger partial charge on any atom is -0.330 e. The highest BCUT2D eigenvalue weighted by Crippen LogP contribution is 2.49. The van der Waals surface area contributed by atoms with E-state index in [9.17, 15) is 0 Å². The van der Waals surface area contributed by atoms with Gasteiger partial charge in [0, 0.05) is 12.0 Å². The lowest BCUT2D eigenvalue weighted by molar-refractivity contribution is 0.139. The highest BCUT2D eigenvalue weighted by atomic mass is 14.6. The van der Waals surface area contributed by atoms with Crippen molar-refractivity contribution in [1.29, 1.82) is 0 Å². The lowest BCUT2D eigenvalue weighted by atomic mass is 9.57. The maximum atomic E-state index is 6.06. The van der Waals surface area contributed by atoms with Gasteiger partial charge >= 0.3 is 0 Å². The van der Waals surface area contributed by atoms with Crippen LogP contribution in [0.2, 0.25) is 0 Å². The molecule has 1 saturated carbocycles. The fourth-order valence-corrected chi connectivity index (χ4v) is 3.40. The van der Waals surface area contributed by atoms with Crippen molar-refractivity contribution in [2.75, 3.05) is 6.54 Å². The molecule has 1 aliphatic rings. The molecule has 0 aromatic heterocycles. The van der Waals surface area contributed by atoms with Crippen LogP contribution in [0.5, 0.6) is 0 Å². The summed E-state index contributed by atoms with van der Waals surface area (Å²) in [5, 5.41) is 0. The molecule has 0 bridgehead atoms. The second-order valence-corrected chi connectivity index (χ2v) is 6.32. The molecule has 0 unspecified atom stereocenters. The molecule has 1 aliphatic carbocycles. The van der Waals surface area contributed by atoms with Gasteiger partial charge in [-0.2, -0.15) is 0 Å². The first kappa shape index (κ1) is 13.6. The molecule has 2 N–H and O–H groups in total. The molecule has 0 atom stereocenters. The summed E-state index contributed by atoms with van der Waals surface area (Å²) in [6.45, 7) is 7.57. The molecule has 2 rings (SSSR count). The summed E-state index contributed by atoms with van der Waals surface area (Å²) in [6, 6.07) is 9.18. The fourth-order valence-electron chi connectivity index (χ4n) is 3.40. The molecule has 0 radical (unpaired) electrons. The third kappa shape index (κ3) is 2.47. The van der Waals surface area contributed by atoms with Gasteiger partial charge in [0.2, 0.25) is 0 Å². The zero-order valence-electron chi connectivity index (χ0n) is 12.1. The van der Waals surface area contributed by atoms with Crippen molar-refractivity contribution in [3.05, 3.63) is 35.4 Å². The molecule has 18 heavy (non-hydrogen) atoms. The molecule has 1 nitrogen and oxygen atoms in total. The average Bonchev–Trinajstić information content (AvgIpc) is 2.33. The Morgan fingerprint density at radius 2 is 1.83 bits per heavy atom. The molecule has 1 aromatic rings. The predicted molar refractivity (Wildman–Crippen MR) is 78.9 cm³/mol. The fraction of sp³-hybridized carbons (Fsp3) is 0.647. The van der Waals surface area contributed by atoms with E-state index in [1.165, 1.54) is 36.8 Å². The zero-order valence-corrected chi connectivity index (χ0v) is 12.1. The van der Waals surface area contributed by atoms with Crippen LogP contribution in [-0.2, 0) is 5.41 Å². The van der Waals surface area contributed by atoms with Gasteiger partial charge in [0.15, 0.2) is 0 Å². The van der Waals surface area contributed by atoms with E-state index in [1.807, 2.05) is 0 Å². The summed E-state index contributed by atoms with van der Waals surface area (Å²) in [5.74, 6) is 1.52. The SMILES string of the molecule is CCCC1CC(CN)(c2ccc(C(C)C)cc2)C1. The number of rotatable bonds is 5. The number of hydrogen-bond acceptors (Lipinski definition) is 1. The third-order valence-corrected chi connectivity index (χ3v) is 4.64. The van der Waals surface area contributed by atoms with Crippen LogP contribution < -0.4 is 5.73 Å². The van der Waals surface area contributed by atoms with Crippen LogP contribution in [0.3, 0.4) is 0 Å². The maximum Gasteiger partial charge on any atom is 0.00808 e. The van der Waals surface area contributed by atoms with E-state index in [-0.39, 0.29) is 5.41 Å². The molecule has 0 amide bonds. The first-order chi connectivity index (χ1) is 8.61. The van der Waals surface area contributed by atoms with Gasteiger partial charge in [0.1, 0.15) is 0 Å². The van der Waals surface area contributed by atoms with Crippen molar-refractivity contribution < 1.29 is 0 Å². The van der Waals surface area contributed by atoms with E-state index in [2.05, 4.69) is 45.0 Å². The molecule has 100 valence electrons. The highest BCUT2D eigenvalue weighted by molar-refractivity contribution is 5.33. The van der Waals surface area contributed by atoms with E-state index in [0.29, 0.717) is 5.92 Å². The Morgan fingerprint density at radius 1 is 1.22 bits per heavy atom. The minimum atomic E-state index is 0.287. The molecule has 0 aliphatic heterocycles. The van der Waals surface area contributed by atoms with Crippen molar-refractivity contribution in [2.45, 2.75) is 57.8 Å². The molecule has 1 heteroatoms. The van der Waals surface area contributed by atoms with Crippen molar-refractivity contribution in [2.24, 2.45) is 11.7 Å². The monoisotopic (exact) mass is 245 g/mol. The van der Waals surface area contributed by atoms with Crippen molar-refractivity contribution in [1.82, 2.24) is 0 Å². The van der Waals surface area contributed by atoms with Crippen molar-refractivity contribution in [3.63, 3.8) is 0 Å². The van der Waals surface area contributed by atoms with Crippen LogP contribution in [0.15, 0.2) is 24.3 Å². The van der Waals surface area contributed by atoms with Gasteiger partial charge in [0.25, 0.3) is 0 Å². The first-order valence-corrected chi connectivity index (χ1v) is 7.42. The number of nitrogens with two attached hydrogens (primary N) is 1. The normalized spacial score (nSPS) is 27.3. The quantitative estimate of drug-likeness (QED) is 0.826. The summed E-state index contributed by atoms with van der Waals surface area (Å²) >= 11 is 0. The highest BCUT2D eigenvalue weighted by Gasteiger charge is 2.43. The average molecular weight is 245 g/mol. The van der Waals surface area contributed by atoms with E-state index < -0.39 is 0 Å². The van der Waals surface area contributed by atoms with E-state index in [1.54, 1.807) is 0 Å². The van der Waals surface area contributed by atoms with Crippen LogP contribution in [-0.4, -0.2) is 6.54 Å². The lowest BCUT2D eigenvalue weighted by Gasteiger charge is -2.48. The Hall–Kier alpha value is -0.820. The van der Waals surface area contributed by atoms with E-state index in [4.69, 9.17) is 5.73 Å². The second kappa shape index (κ2) is 5.44. The van der Waals surface area contributed by atoms with Gasteiger partial charge in [0.05, 0.1) is 0 Å². The molecule has 0 spiro atoms. The van der Waals surface area contributed by atoms with Crippen LogP contribution >= 0.6 is 0 Å². The predicted octanol–water partition coefficient (Wildman–Crippen LogP) is 4.22. The van der Waals surface area contributed by atoms with Crippen molar-refractivity contribution in [3.8, 4) is 0 Å². The summed E-state index contributed by atoms with van der Waals surface area (Å²) in [5.41, 5.74) is 9.23. The number of benzene rings is 1. The molecular weight excluding hydrogens is 218 g/mol.